The zero-order chi connectivity index (χ0) is 34.3. The average Bonchev–Trinajstić information content (AvgIpc) is 3.30. The van der Waals surface area contributed by atoms with E-state index in [0.717, 1.165) is 79.3 Å². The number of carbonyl (C=O) groups is 1. The summed E-state index contributed by atoms with van der Waals surface area (Å²) >= 11 is 1.69. The standard InChI is InChI=1S/C38H48N8O2S/c1-5-30-24-46(49-34-11-10-16-41-37(34)48-30)23-28-19-27(13-12-25(28)3)32(31-14-15-33(40-6-2)36(39)26(31)4)20-35(47)44-29-21-42-38(43-22-29)45-17-8-7-9-18-45/h10-16,19,21-22,30,32,40H,5-9,17-18,20,23-24,39H2,1-4H3,(H,44,47)/t30-,32?/m1/s1. The van der Waals surface area contributed by atoms with Crippen molar-refractivity contribution in [1.29, 1.82) is 0 Å². The van der Waals surface area contributed by atoms with Crippen LogP contribution in [0.25, 0.3) is 0 Å². The molecule has 2 aliphatic rings. The van der Waals surface area contributed by atoms with Crippen LogP contribution < -0.4 is 26.0 Å². The van der Waals surface area contributed by atoms with E-state index in [4.69, 9.17) is 10.5 Å². The first-order valence-electron chi connectivity index (χ1n) is 17.5. The van der Waals surface area contributed by atoms with Crippen LogP contribution in [0.1, 0.15) is 79.7 Å². The molecule has 4 heterocycles. The zero-order valence-corrected chi connectivity index (χ0v) is 29.9. The second-order valence-corrected chi connectivity index (χ2v) is 14.1. The number of hydrogen-bond acceptors (Lipinski definition) is 10. The first-order valence-corrected chi connectivity index (χ1v) is 18.2. The summed E-state index contributed by atoms with van der Waals surface area (Å²) in [5.41, 5.74) is 14.3. The Labute approximate surface area is 294 Å². The number of hydrogen-bond donors (Lipinski definition) is 3. The number of nitrogens with two attached hydrogens (primary N) is 1. The summed E-state index contributed by atoms with van der Waals surface area (Å²) in [4.78, 5) is 30.6. The molecule has 2 aromatic carbocycles. The van der Waals surface area contributed by atoms with Gasteiger partial charge in [-0.25, -0.2) is 19.3 Å². The summed E-state index contributed by atoms with van der Waals surface area (Å²) in [5, 5.41) is 6.43. The second kappa shape index (κ2) is 15.9. The predicted molar refractivity (Wildman–Crippen MR) is 199 cm³/mol. The summed E-state index contributed by atoms with van der Waals surface area (Å²) in [6.07, 6.45) is 9.92. The third-order valence-corrected chi connectivity index (χ3v) is 10.5. The number of pyridine rings is 1. The molecule has 1 fully saturated rings. The molecule has 1 amide bonds. The van der Waals surface area contributed by atoms with Crippen molar-refractivity contribution in [3.63, 3.8) is 0 Å². The Bertz CT molecular complexity index is 1740. The van der Waals surface area contributed by atoms with Crippen LogP contribution in [0.2, 0.25) is 0 Å². The van der Waals surface area contributed by atoms with E-state index in [0.29, 0.717) is 23.2 Å². The van der Waals surface area contributed by atoms with Crippen molar-refractivity contribution in [2.75, 3.05) is 47.4 Å². The van der Waals surface area contributed by atoms with Gasteiger partial charge in [-0.15, -0.1) is 0 Å². The van der Waals surface area contributed by atoms with E-state index >= 15 is 0 Å². The van der Waals surface area contributed by atoms with Gasteiger partial charge in [0, 0.05) is 51.3 Å². The number of ether oxygens (including phenoxy) is 1. The lowest BCUT2D eigenvalue weighted by molar-refractivity contribution is -0.116. The van der Waals surface area contributed by atoms with Gasteiger partial charge in [-0.1, -0.05) is 31.2 Å². The van der Waals surface area contributed by atoms with E-state index in [1.165, 1.54) is 17.5 Å². The third-order valence-electron chi connectivity index (χ3n) is 9.48. The Morgan fingerprint density at radius 3 is 2.61 bits per heavy atom. The number of piperidine rings is 1. The number of aryl methyl sites for hydroxylation is 1. The summed E-state index contributed by atoms with van der Waals surface area (Å²) in [6, 6.07) is 14.7. The average molecular weight is 681 g/mol. The fraction of sp³-hybridized carbons (Fsp3) is 0.421. The molecule has 6 rings (SSSR count). The largest absolute Gasteiger partial charge is 0.472 e. The number of aromatic nitrogens is 3. The van der Waals surface area contributed by atoms with Gasteiger partial charge in [0.05, 0.1) is 34.4 Å². The lowest BCUT2D eigenvalue weighted by Gasteiger charge is -2.26. The van der Waals surface area contributed by atoms with Crippen molar-refractivity contribution >= 4 is 40.9 Å². The lowest BCUT2D eigenvalue weighted by Crippen LogP contribution is -2.31. The minimum Gasteiger partial charge on any atom is -0.472 e. The number of anilines is 4. The first-order chi connectivity index (χ1) is 23.8. The van der Waals surface area contributed by atoms with Crippen LogP contribution in [0.4, 0.5) is 23.0 Å². The topological polar surface area (TPSA) is 122 Å². The highest BCUT2D eigenvalue weighted by Gasteiger charge is 2.26. The molecule has 2 aromatic heterocycles. The quantitative estimate of drug-likeness (QED) is 0.110. The van der Waals surface area contributed by atoms with Gasteiger partial charge in [0.15, 0.2) is 0 Å². The maximum Gasteiger partial charge on any atom is 0.228 e. The second-order valence-electron chi connectivity index (χ2n) is 13.0. The number of benzene rings is 2. The zero-order valence-electron chi connectivity index (χ0n) is 29.0. The molecule has 0 radical (unpaired) electrons. The predicted octanol–water partition coefficient (Wildman–Crippen LogP) is 7.33. The summed E-state index contributed by atoms with van der Waals surface area (Å²) in [7, 11) is 0. The minimum atomic E-state index is -0.223. The number of amides is 1. The van der Waals surface area contributed by atoms with E-state index in [-0.39, 0.29) is 24.3 Å². The smallest absolute Gasteiger partial charge is 0.228 e. The normalized spacial score (nSPS) is 17.1. The maximum absolute atomic E-state index is 13.8. The Morgan fingerprint density at radius 2 is 1.86 bits per heavy atom. The Balaban J connectivity index is 1.27. The molecule has 0 spiro atoms. The van der Waals surface area contributed by atoms with Crippen LogP contribution in [0.3, 0.4) is 0 Å². The van der Waals surface area contributed by atoms with Crippen molar-refractivity contribution in [1.82, 2.24) is 19.3 Å². The van der Waals surface area contributed by atoms with Gasteiger partial charge >= 0.3 is 0 Å². The molecule has 0 aliphatic carbocycles. The highest BCUT2D eigenvalue weighted by Crippen LogP contribution is 2.39. The molecule has 1 unspecified atom stereocenters. The highest BCUT2D eigenvalue weighted by atomic mass is 32.2. The molecular formula is C38H48N8O2S. The van der Waals surface area contributed by atoms with Crippen LogP contribution in [-0.4, -0.2) is 57.4 Å². The number of nitrogens with one attached hydrogen (secondary N) is 2. The maximum atomic E-state index is 13.8. The molecule has 0 bridgehead atoms. The summed E-state index contributed by atoms with van der Waals surface area (Å²) < 4.78 is 8.62. The van der Waals surface area contributed by atoms with Crippen LogP contribution in [-0.2, 0) is 11.3 Å². The molecule has 2 atom stereocenters. The number of carbonyl (C=O) groups excluding carboxylic acids is 1. The third kappa shape index (κ3) is 8.28. The van der Waals surface area contributed by atoms with Gasteiger partial charge in [-0.3, -0.25) is 4.79 Å². The van der Waals surface area contributed by atoms with Crippen molar-refractivity contribution in [3.05, 3.63) is 88.9 Å². The molecule has 10 nitrogen and oxygen atoms in total. The fourth-order valence-corrected chi connectivity index (χ4v) is 7.67. The van der Waals surface area contributed by atoms with Gasteiger partial charge in [-0.05, 0) is 104 Å². The van der Waals surface area contributed by atoms with E-state index in [2.05, 4.69) is 85.9 Å². The van der Waals surface area contributed by atoms with Crippen molar-refractivity contribution in [3.8, 4) is 5.88 Å². The van der Waals surface area contributed by atoms with Crippen LogP contribution >= 0.6 is 11.9 Å². The molecule has 0 saturated carbocycles. The van der Waals surface area contributed by atoms with Crippen LogP contribution in [0.15, 0.2) is 66.0 Å². The number of fused-ring (bicyclic) bond motifs is 1. The van der Waals surface area contributed by atoms with E-state index < -0.39 is 0 Å². The highest BCUT2D eigenvalue weighted by molar-refractivity contribution is 7.97. The molecular weight excluding hydrogens is 633 g/mol. The van der Waals surface area contributed by atoms with E-state index in [1.807, 2.05) is 19.1 Å². The molecule has 4 aromatic rings. The van der Waals surface area contributed by atoms with Gasteiger partial charge in [0.1, 0.15) is 6.10 Å². The first kappa shape index (κ1) is 34.5. The summed E-state index contributed by atoms with van der Waals surface area (Å²) in [6.45, 7) is 12.6. The number of rotatable bonds is 11. The van der Waals surface area contributed by atoms with Gasteiger partial charge in [0.25, 0.3) is 0 Å². The Morgan fingerprint density at radius 1 is 1.06 bits per heavy atom. The van der Waals surface area contributed by atoms with Crippen molar-refractivity contribution in [2.24, 2.45) is 0 Å². The van der Waals surface area contributed by atoms with Gasteiger partial charge in [-0.2, -0.15) is 0 Å². The van der Waals surface area contributed by atoms with Crippen molar-refractivity contribution < 1.29 is 9.53 Å². The lowest BCUT2D eigenvalue weighted by atomic mass is 9.83. The monoisotopic (exact) mass is 680 g/mol. The SMILES string of the molecule is CCNc1ccc(C(CC(=O)Nc2cnc(N3CCCCC3)nc2)c2ccc(C)c(CN3C[C@@H](CC)Oc4ncccc4S3)c2)c(C)c1N. The molecule has 258 valence electrons. The Kier molecular flexibility index (Phi) is 11.2. The fourth-order valence-electron chi connectivity index (χ4n) is 6.63. The molecule has 1 saturated heterocycles. The minimum absolute atomic E-state index is 0.0438. The van der Waals surface area contributed by atoms with Gasteiger partial charge < -0.3 is 26.0 Å². The molecule has 4 N–H and O–H groups in total. The molecule has 49 heavy (non-hydrogen) atoms. The van der Waals surface area contributed by atoms with Crippen molar-refractivity contribution in [2.45, 2.75) is 83.3 Å². The Hall–Kier alpha value is -4.35. The number of nitrogen functional groups attached to an aromatic ring is 1. The van der Waals surface area contributed by atoms with E-state index in [1.54, 1.807) is 30.5 Å². The molecule has 11 heteroatoms. The number of nitrogens with zero attached hydrogens (tertiary/aromatic N) is 5. The summed E-state index contributed by atoms with van der Waals surface area (Å²) in [5.74, 6) is 1.08. The van der Waals surface area contributed by atoms with Crippen LogP contribution in [0, 0.1) is 13.8 Å². The molecule has 2 aliphatic heterocycles. The van der Waals surface area contributed by atoms with Crippen LogP contribution in [0.5, 0.6) is 5.88 Å². The van der Waals surface area contributed by atoms with Gasteiger partial charge in [0.2, 0.25) is 17.7 Å². The van der Waals surface area contributed by atoms with E-state index in [9.17, 15) is 4.79 Å².